The molecule has 0 heterocycles. The van der Waals surface area contributed by atoms with Gasteiger partial charge in [-0.05, 0) is 0 Å². The van der Waals surface area contributed by atoms with E-state index in [1.54, 1.807) is 0 Å². The predicted octanol–water partition coefficient (Wildman–Crippen LogP) is -3.48. The first kappa shape index (κ1) is 209. The summed E-state index contributed by atoms with van der Waals surface area (Å²) in [5.74, 6) is 0. The molecule has 8 heteroatoms. The first-order valence-electron chi connectivity index (χ1n) is 0. The van der Waals surface area contributed by atoms with Gasteiger partial charge in [0.05, 0.1) is 0 Å². The zero-order chi connectivity index (χ0) is 0. The third-order valence-electron chi connectivity index (χ3n) is 0. The second kappa shape index (κ2) is 148. The molecule has 2 radical (unpaired) electrons. The van der Waals surface area contributed by atoms with Gasteiger partial charge in [-0.3, -0.25) is 0 Å². The summed E-state index contributed by atoms with van der Waals surface area (Å²) in [6, 6.07) is 0. The summed E-state index contributed by atoms with van der Waals surface area (Å²) in [5, 5.41) is 0. The minimum atomic E-state index is 0. The summed E-state index contributed by atoms with van der Waals surface area (Å²) in [6.45, 7) is 0. The van der Waals surface area contributed by atoms with Gasteiger partial charge in [0.15, 0.2) is 0 Å². The van der Waals surface area contributed by atoms with Crippen LogP contribution in [-0.2, 0) is 72.2 Å². The smallest absolute Gasteiger partial charge is 2.00 e. The van der Waals surface area contributed by atoms with Gasteiger partial charge in [0.2, 0.25) is 0 Å². The molecule has 0 aliphatic carbocycles. The maximum absolute atomic E-state index is 0. The van der Waals surface area contributed by atoms with E-state index < -0.39 is 0 Å². The van der Waals surface area contributed by atoms with Crippen LogP contribution in [0.5, 0.6) is 0 Å². The van der Waals surface area contributed by atoms with Crippen LogP contribution in [-0.4, -0.2) is 0 Å². The molecule has 0 saturated heterocycles. The summed E-state index contributed by atoms with van der Waals surface area (Å²) in [4.78, 5) is 0. The topological polar surface area (TPSA) is 114 Å². The van der Waals surface area contributed by atoms with E-state index in [4.69, 9.17) is 0 Å². The Bertz CT molecular complexity index is 16.0. The number of rotatable bonds is 0. The molecular weight excluding hydrogens is 244 g/mol. The van der Waals surface area contributed by atoms with Crippen molar-refractivity contribution in [3.63, 3.8) is 0 Å². The Hall–Kier alpha value is 1.96. The van der Waals surface area contributed by atoms with Crippen LogP contribution in [0, 0.1) is 0 Å². The van der Waals surface area contributed by atoms with Crippen LogP contribution in [0.3, 0.4) is 0 Å². The van der Waals surface area contributed by atoms with Crippen LogP contribution >= 0.6 is 0 Å². The molecule has 0 spiro atoms. The van der Waals surface area contributed by atoms with E-state index in [-0.39, 0.29) is 91.1 Å². The van der Waals surface area contributed by atoms with Crippen molar-refractivity contribution in [1.82, 2.24) is 0 Å². The molecule has 52 valence electrons. The van der Waals surface area contributed by atoms with Gasteiger partial charge < -0.3 is 21.9 Å². The largest absolute Gasteiger partial charge is 3.00 e. The van der Waals surface area contributed by atoms with Crippen LogP contribution in [0.2, 0.25) is 0 Å². The van der Waals surface area contributed by atoms with Gasteiger partial charge in [-0.1, -0.05) is 0 Å². The maximum Gasteiger partial charge on any atom is 3.00 e. The van der Waals surface area contributed by atoms with Crippen LogP contribution in [0.15, 0.2) is 0 Å². The van der Waals surface area contributed by atoms with Gasteiger partial charge >= 0.3 is 69.2 Å². The fraction of sp³-hybridized carbons (Fsp3) is 0. The van der Waals surface area contributed by atoms with Crippen molar-refractivity contribution in [3.05, 3.63) is 0 Å². The van der Waals surface area contributed by atoms with E-state index in [1.807, 2.05) is 0 Å². The van der Waals surface area contributed by atoms with Crippen molar-refractivity contribution >= 4 is 0 Å². The maximum atomic E-state index is 0. The van der Waals surface area contributed by atoms with Crippen molar-refractivity contribution < 1.29 is 91.1 Å². The Labute approximate surface area is 90.6 Å². The summed E-state index contributed by atoms with van der Waals surface area (Å²) in [7, 11) is 0. The molecule has 0 aromatic rings. The summed E-state index contributed by atoms with van der Waals surface area (Å²) < 4.78 is 0. The monoisotopic (exact) mass is 244 g/mol. The number of hydrogen-bond donors (Lipinski definition) is 0. The van der Waals surface area contributed by atoms with Crippen LogP contribution in [0.4, 0.5) is 0 Å². The Morgan fingerprint density at radius 1 is 0.625 bits per heavy atom. The average molecular weight is 244 g/mol. The molecule has 0 saturated carbocycles. The molecule has 0 atom stereocenters. The van der Waals surface area contributed by atoms with Crippen LogP contribution < -0.4 is 18.9 Å². The molecule has 0 aliphatic heterocycles. The third kappa shape index (κ3) is 101. The molecule has 0 bridgehead atoms. The second-order valence-corrected chi connectivity index (χ2v) is 0. The molecule has 8 heavy (non-hydrogen) atoms. The van der Waals surface area contributed by atoms with Crippen LogP contribution in [0.1, 0.15) is 0 Å². The Kier molecular flexibility index (Phi) is 3860. The van der Waals surface area contributed by atoms with Gasteiger partial charge in [0.25, 0.3) is 0 Å². The first-order chi connectivity index (χ1) is 0. The Balaban J connectivity index is 0. The van der Waals surface area contributed by atoms with Crippen molar-refractivity contribution in [2.45, 2.75) is 0 Å². The number of hydrogen-bond acceptors (Lipinski definition) is 0. The van der Waals surface area contributed by atoms with Gasteiger partial charge in [-0.2, -0.15) is 0 Å². The predicted molar refractivity (Wildman–Crippen MR) is 2.75 cm³/mol. The SMILES string of the molecule is [Co+2].[Fe+3].[Li+].[Ni+2].[O-2].[O-2].[O-2].[O-2]. The van der Waals surface area contributed by atoms with E-state index in [0.29, 0.717) is 0 Å². The van der Waals surface area contributed by atoms with E-state index in [9.17, 15) is 0 Å². The van der Waals surface area contributed by atoms with Gasteiger partial charge in [0.1, 0.15) is 0 Å². The van der Waals surface area contributed by atoms with E-state index in [1.165, 1.54) is 0 Å². The third-order valence-corrected chi connectivity index (χ3v) is 0. The van der Waals surface area contributed by atoms with Crippen molar-refractivity contribution in [2.24, 2.45) is 0 Å². The van der Waals surface area contributed by atoms with Crippen molar-refractivity contribution in [3.8, 4) is 0 Å². The standard InChI is InChI=1S/Co.Fe.Li.Ni.4O/q+2;+3;+1;+2;4*-2. The zero-order valence-corrected chi connectivity index (χ0v) is 6.77. The van der Waals surface area contributed by atoms with Gasteiger partial charge in [-0.25, -0.2) is 0 Å². The normalized spacial score (nSPS) is 0. The minimum absolute atomic E-state index is 0. The summed E-state index contributed by atoms with van der Waals surface area (Å²) in [6.07, 6.45) is 0. The average Bonchev–Trinajstić information content (AvgIpc) is 0. The van der Waals surface area contributed by atoms with E-state index in [2.05, 4.69) is 0 Å². The van der Waals surface area contributed by atoms with Gasteiger partial charge in [0, 0.05) is 0 Å². The first-order valence-corrected chi connectivity index (χ1v) is 0. The molecule has 0 unspecified atom stereocenters. The van der Waals surface area contributed by atoms with E-state index >= 15 is 0 Å². The fourth-order valence-electron chi connectivity index (χ4n) is 0. The van der Waals surface area contributed by atoms with Gasteiger partial charge in [-0.15, -0.1) is 0 Å². The molecule has 0 aliphatic rings. The molecule has 0 N–H and O–H groups in total. The molecule has 0 rings (SSSR count). The van der Waals surface area contributed by atoms with Crippen molar-refractivity contribution in [2.75, 3.05) is 0 Å². The Morgan fingerprint density at radius 3 is 0.625 bits per heavy atom. The molecule has 0 aromatic heterocycles. The van der Waals surface area contributed by atoms with E-state index in [0.717, 1.165) is 0 Å². The zero-order valence-electron chi connectivity index (χ0n) is 3.64. The summed E-state index contributed by atoms with van der Waals surface area (Å²) in [5.41, 5.74) is 0. The summed E-state index contributed by atoms with van der Waals surface area (Å²) >= 11 is 0. The Morgan fingerprint density at radius 2 is 0.625 bits per heavy atom. The molecular formula is CoFeLiNiO4. The fourth-order valence-corrected chi connectivity index (χ4v) is 0. The molecule has 0 aromatic carbocycles. The van der Waals surface area contributed by atoms with Crippen LogP contribution in [0.25, 0.3) is 0 Å². The minimum Gasteiger partial charge on any atom is -2.00 e. The molecule has 4 nitrogen and oxygen atoms in total. The quantitative estimate of drug-likeness (QED) is 0.394. The van der Waals surface area contributed by atoms with Crippen molar-refractivity contribution in [1.29, 1.82) is 0 Å². The molecule has 0 fully saturated rings. The molecule has 0 amide bonds. The second-order valence-electron chi connectivity index (χ2n) is 0.